The van der Waals surface area contributed by atoms with Crippen LogP contribution in [-0.4, -0.2) is 25.5 Å². The number of amides is 1. The molecule has 0 aliphatic heterocycles. The fourth-order valence-corrected chi connectivity index (χ4v) is 3.44. The molecule has 0 aliphatic rings. The van der Waals surface area contributed by atoms with Crippen LogP contribution in [0, 0.1) is 13.8 Å². The number of aryl methyl sites for hydroxylation is 2. The van der Waals surface area contributed by atoms with Crippen LogP contribution in [-0.2, 0) is 13.3 Å². The van der Waals surface area contributed by atoms with Crippen molar-refractivity contribution in [2.45, 2.75) is 27.1 Å². The van der Waals surface area contributed by atoms with E-state index in [0.717, 1.165) is 27.2 Å². The molecule has 0 radical (unpaired) electrons. The minimum absolute atomic E-state index is 0.215. The SMILES string of the molecule is Cc1cc(C)n(Cc2cccc(NC(=O)c3ccn(COc4ccc(Br)cc4)n3)c2)n1. The largest absolute Gasteiger partial charge is 0.471 e. The summed E-state index contributed by atoms with van der Waals surface area (Å²) in [6.45, 7) is 4.87. The Morgan fingerprint density at radius 2 is 1.87 bits per heavy atom. The molecule has 0 unspecified atom stereocenters. The second-order valence-electron chi connectivity index (χ2n) is 7.21. The predicted octanol–water partition coefficient (Wildman–Crippen LogP) is 4.80. The molecule has 1 N–H and O–H groups in total. The Bertz CT molecular complexity index is 1200. The maximum atomic E-state index is 12.6. The van der Waals surface area contributed by atoms with Gasteiger partial charge in [0.05, 0.1) is 12.2 Å². The van der Waals surface area contributed by atoms with E-state index in [9.17, 15) is 4.79 Å². The van der Waals surface area contributed by atoms with Crippen LogP contribution in [0.25, 0.3) is 0 Å². The molecule has 0 bridgehead atoms. The Morgan fingerprint density at radius 3 is 2.61 bits per heavy atom. The topological polar surface area (TPSA) is 74.0 Å². The van der Waals surface area contributed by atoms with Gasteiger partial charge in [0.2, 0.25) is 0 Å². The number of ether oxygens (including phenoxy) is 1. The van der Waals surface area contributed by atoms with Gasteiger partial charge in [-0.1, -0.05) is 28.1 Å². The molecule has 0 fully saturated rings. The summed E-state index contributed by atoms with van der Waals surface area (Å²) in [6.07, 6.45) is 1.72. The first-order valence-electron chi connectivity index (χ1n) is 9.79. The first-order chi connectivity index (χ1) is 15.0. The number of benzene rings is 2. The average Bonchev–Trinajstić information content (AvgIpc) is 3.34. The Labute approximate surface area is 188 Å². The molecule has 2 aromatic heterocycles. The normalized spacial score (nSPS) is 10.8. The van der Waals surface area contributed by atoms with E-state index in [2.05, 4.69) is 31.4 Å². The second kappa shape index (κ2) is 9.18. The molecule has 31 heavy (non-hydrogen) atoms. The summed E-state index contributed by atoms with van der Waals surface area (Å²) < 4.78 is 10.2. The van der Waals surface area contributed by atoms with E-state index in [1.807, 2.05) is 73.1 Å². The van der Waals surface area contributed by atoms with E-state index < -0.39 is 0 Å². The molecular formula is C23H22BrN5O2. The van der Waals surface area contributed by atoms with Gasteiger partial charge in [-0.2, -0.15) is 10.2 Å². The van der Waals surface area contributed by atoms with Gasteiger partial charge in [-0.25, -0.2) is 4.68 Å². The molecule has 0 atom stereocenters. The first-order valence-corrected chi connectivity index (χ1v) is 10.6. The summed E-state index contributed by atoms with van der Waals surface area (Å²) >= 11 is 3.39. The molecule has 1 amide bonds. The molecule has 4 rings (SSSR count). The summed E-state index contributed by atoms with van der Waals surface area (Å²) in [5.41, 5.74) is 4.18. The zero-order chi connectivity index (χ0) is 21.8. The van der Waals surface area contributed by atoms with Crippen molar-refractivity contribution in [3.63, 3.8) is 0 Å². The number of carbonyl (C=O) groups is 1. The highest BCUT2D eigenvalue weighted by Crippen LogP contribution is 2.17. The van der Waals surface area contributed by atoms with E-state index in [-0.39, 0.29) is 12.6 Å². The number of nitrogens with zero attached hydrogens (tertiary/aromatic N) is 4. The van der Waals surface area contributed by atoms with Crippen LogP contribution in [0.1, 0.15) is 27.4 Å². The van der Waals surface area contributed by atoms with Gasteiger partial charge in [-0.05, 0) is 67.9 Å². The summed E-state index contributed by atoms with van der Waals surface area (Å²) in [6, 6.07) is 19.0. The lowest BCUT2D eigenvalue weighted by Gasteiger charge is -2.08. The number of hydrogen-bond donors (Lipinski definition) is 1. The summed E-state index contributed by atoms with van der Waals surface area (Å²) in [5.74, 6) is 0.454. The quantitative estimate of drug-likeness (QED) is 0.413. The average molecular weight is 480 g/mol. The van der Waals surface area contributed by atoms with Crippen molar-refractivity contribution in [3.8, 4) is 5.75 Å². The van der Waals surface area contributed by atoms with E-state index >= 15 is 0 Å². The van der Waals surface area contributed by atoms with Gasteiger partial charge in [0.15, 0.2) is 12.4 Å². The van der Waals surface area contributed by atoms with Crippen LogP contribution in [0.15, 0.2) is 71.3 Å². The number of rotatable bonds is 7. The Kier molecular flexibility index (Phi) is 6.18. The number of aromatic nitrogens is 4. The third kappa shape index (κ3) is 5.40. The predicted molar refractivity (Wildman–Crippen MR) is 122 cm³/mol. The van der Waals surface area contributed by atoms with Crippen molar-refractivity contribution >= 4 is 27.5 Å². The number of anilines is 1. The fraction of sp³-hybridized carbons (Fsp3) is 0.174. The molecule has 8 heteroatoms. The zero-order valence-electron chi connectivity index (χ0n) is 17.2. The van der Waals surface area contributed by atoms with E-state index in [0.29, 0.717) is 17.9 Å². The number of hydrogen-bond acceptors (Lipinski definition) is 4. The van der Waals surface area contributed by atoms with Crippen molar-refractivity contribution in [1.82, 2.24) is 19.6 Å². The maximum Gasteiger partial charge on any atom is 0.276 e. The second-order valence-corrected chi connectivity index (χ2v) is 8.12. The van der Waals surface area contributed by atoms with Crippen LogP contribution in [0.2, 0.25) is 0 Å². The molecule has 0 saturated carbocycles. The van der Waals surface area contributed by atoms with Crippen molar-refractivity contribution in [2.75, 3.05) is 5.32 Å². The third-order valence-corrected chi connectivity index (χ3v) is 5.20. The van der Waals surface area contributed by atoms with E-state index in [1.54, 1.807) is 16.9 Å². The van der Waals surface area contributed by atoms with Gasteiger partial charge in [0.1, 0.15) is 5.75 Å². The van der Waals surface area contributed by atoms with E-state index in [1.165, 1.54) is 0 Å². The summed E-state index contributed by atoms with van der Waals surface area (Å²) in [5, 5.41) is 11.7. The summed E-state index contributed by atoms with van der Waals surface area (Å²) in [4.78, 5) is 12.6. The zero-order valence-corrected chi connectivity index (χ0v) is 18.8. The molecule has 0 spiro atoms. The highest BCUT2D eigenvalue weighted by atomic mass is 79.9. The van der Waals surface area contributed by atoms with E-state index in [4.69, 9.17) is 4.74 Å². The molecule has 158 valence electrons. The molecule has 2 aromatic carbocycles. The maximum absolute atomic E-state index is 12.6. The first kappa shape index (κ1) is 20.9. The summed E-state index contributed by atoms with van der Waals surface area (Å²) in [7, 11) is 0. The Hall–Kier alpha value is -3.39. The third-order valence-electron chi connectivity index (χ3n) is 4.67. The van der Waals surface area contributed by atoms with Crippen LogP contribution in [0.3, 0.4) is 0 Å². The molecule has 4 aromatic rings. The highest BCUT2D eigenvalue weighted by molar-refractivity contribution is 9.10. The van der Waals surface area contributed by atoms with Gasteiger partial charge in [-0.3, -0.25) is 9.48 Å². The molecular weight excluding hydrogens is 458 g/mol. The van der Waals surface area contributed by atoms with Crippen molar-refractivity contribution in [2.24, 2.45) is 0 Å². The smallest absolute Gasteiger partial charge is 0.276 e. The number of carbonyl (C=O) groups excluding carboxylic acids is 1. The Balaban J connectivity index is 1.37. The minimum atomic E-state index is -0.273. The molecule has 0 saturated heterocycles. The standard InChI is InChI=1S/C23H22BrN5O2/c1-16-12-17(2)29(26-16)14-18-4-3-5-20(13-18)25-23(30)22-10-11-28(27-22)15-31-21-8-6-19(24)7-9-21/h3-13H,14-15H2,1-2H3,(H,25,30). The van der Waals surface area contributed by atoms with Crippen molar-refractivity contribution in [3.05, 3.63) is 94.0 Å². The monoisotopic (exact) mass is 479 g/mol. The van der Waals surface area contributed by atoms with Crippen LogP contribution < -0.4 is 10.1 Å². The highest BCUT2D eigenvalue weighted by Gasteiger charge is 2.11. The van der Waals surface area contributed by atoms with Crippen molar-refractivity contribution < 1.29 is 9.53 Å². The van der Waals surface area contributed by atoms with Gasteiger partial charge in [-0.15, -0.1) is 0 Å². The number of nitrogens with one attached hydrogen (secondary N) is 1. The lowest BCUT2D eigenvalue weighted by atomic mass is 10.2. The Morgan fingerprint density at radius 1 is 1.06 bits per heavy atom. The van der Waals surface area contributed by atoms with Gasteiger partial charge < -0.3 is 10.1 Å². The van der Waals surface area contributed by atoms with Crippen LogP contribution in [0.4, 0.5) is 5.69 Å². The fourth-order valence-electron chi connectivity index (χ4n) is 3.18. The van der Waals surface area contributed by atoms with Gasteiger partial charge >= 0.3 is 0 Å². The lowest BCUT2D eigenvalue weighted by molar-refractivity contribution is 0.102. The number of halogens is 1. The minimum Gasteiger partial charge on any atom is -0.471 e. The molecule has 7 nitrogen and oxygen atoms in total. The molecule has 0 aliphatic carbocycles. The van der Waals surface area contributed by atoms with Gasteiger partial charge in [0.25, 0.3) is 5.91 Å². The molecule has 2 heterocycles. The van der Waals surface area contributed by atoms with Crippen LogP contribution in [0.5, 0.6) is 5.75 Å². The van der Waals surface area contributed by atoms with Crippen molar-refractivity contribution in [1.29, 1.82) is 0 Å². The van der Waals surface area contributed by atoms with Gasteiger partial charge in [0, 0.05) is 22.1 Å². The van der Waals surface area contributed by atoms with Crippen LogP contribution >= 0.6 is 15.9 Å². The lowest BCUT2D eigenvalue weighted by Crippen LogP contribution is -2.14.